The number of aliphatic imine (C=N–C) groups is 1. The molecule has 1 aromatic carbocycles. The molecule has 1 unspecified atom stereocenters. The van der Waals surface area contributed by atoms with E-state index in [0.29, 0.717) is 5.25 Å². The fourth-order valence-corrected chi connectivity index (χ4v) is 2.64. The molecule has 2 N–H and O–H groups in total. The number of nitrogens with one attached hydrogen (secondary N) is 2. The molecule has 6 heteroatoms. The Labute approximate surface area is 154 Å². The Morgan fingerprint density at radius 3 is 2.52 bits per heavy atom. The number of hydrogen-bond acceptors (Lipinski definition) is 2. The quantitative estimate of drug-likeness (QED) is 0.415. The largest absolute Gasteiger partial charge is 0.355 e. The zero-order valence-corrected chi connectivity index (χ0v) is 17.1. The van der Waals surface area contributed by atoms with Crippen molar-refractivity contribution < 1.29 is 0 Å². The fraction of sp³-hybridized carbons (Fsp3) is 0.533. The van der Waals surface area contributed by atoms with Crippen molar-refractivity contribution in [2.45, 2.75) is 31.6 Å². The predicted octanol–water partition coefficient (Wildman–Crippen LogP) is 4.33. The molecule has 120 valence electrons. The molecule has 0 bridgehead atoms. The van der Waals surface area contributed by atoms with Crippen LogP contribution < -0.4 is 10.6 Å². The van der Waals surface area contributed by atoms with Crippen LogP contribution in [0.5, 0.6) is 0 Å². The number of hydrogen-bond donors (Lipinski definition) is 2. The van der Waals surface area contributed by atoms with Crippen LogP contribution in [0.15, 0.2) is 29.3 Å². The van der Waals surface area contributed by atoms with E-state index in [1.807, 2.05) is 18.2 Å². The molecule has 1 atom stereocenters. The number of guanidine groups is 1. The third kappa shape index (κ3) is 8.16. The lowest BCUT2D eigenvalue weighted by Crippen LogP contribution is -2.48. The normalized spacial score (nSPS) is 13.3. The van der Waals surface area contributed by atoms with Gasteiger partial charge in [-0.25, -0.2) is 0 Å². The molecule has 0 saturated heterocycles. The Morgan fingerprint density at radius 1 is 1.38 bits per heavy atom. The summed E-state index contributed by atoms with van der Waals surface area (Å²) in [6, 6.07) is 8.01. The molecule has 0 aromatic heterocycles. The maximum absolute atomic E-state index is 6.06. The number of thioether (sulfide) groups is 1. The molecule has 3 nitrogen and oxygen atoms in total. The van der Waals surface area contributed by atoms with Crippen molar-refractivity contribution in [3.63, 3.8) is 0 Å². The number of benzene rings is 1. The van der Waals surface area contributed by atoms with Gasteiger partial charge in [-0.15, -0.1) is 24.0 Å². The van der Waals surface area contributed by atoms with Crippen LogP contribution in [0, 0.1) is 0 Å². The maximum atomic E-state index is 6.06. The molecule has 0 heterocycles. The first-order chi connectivity index (χ1) is 9.35. The molecule has 0 aliphatic heterocycles. The van der Waals surface area contributed by atoms with Gasteiger partial charge in [0.05, 0.1) is 0 Å². The molecule has 0 fully saturated rings. The van der Waals surface area contributed by atoms with E-state index in [1.165, 1.54) is 5.56 Å². The van der Waals surface area contributed by atoms with Gasteiger partial charge in [-0.2, -0.15) is 11.8 Å². The molecule has 1 aromatic rings. The summed E-state index contributed by atoms with van der Waals surface area (Å²) in [4.78, 5) is 4.25. The summed E-state index contributed by atoms with van der Waals surface area (Å²) in [6.45, 7) is 7.14. The van der Waals surface area contributed by atoms with Gasteiger partial charge >= 0.3 is 0 Å². The van der Waals surface area contributed by atoms with Gasteiger partial charge in [-0.1, -0.05) is 23.7 Å². The average Bonchev–Trinajstić information content (AvgIpc) is 2.36. The minimum Gasteiger partial charge on any atom is -0.355 e. The van der Waals surface area contributed by atoms with Gasteiger partial charge < -0.3 is 10.6 Å². The van der Waals surface area contributed by atoms with Crippen molar-refractivity contribution in [2.75, 3.05) is 19.8 Å². The Hall–Kier alpha value is -0.140. The van der Waals surface area contributed by atoms with E-state index in [2.05, 4.69) is 48.7 Å². The second kappa shape index (κ2) is 9.79. The van der Waals surface area contributed by atoms with Gasteiger partial charge in [-0.05, 0) is 44.7 Å². The molecule has 0 saturated carbocycles. The molecular formula is C15H25ClIN3S. The first kappa shape index (κ1) is 20.9. The Balaban J connectivity index is 0.00000400. The second-order valence-electron chi connectivity index (χ2n) is 5.61. The van der Waals surface area contributed by atoms with E-state index in [1.54, 1.807) is 18.8 Å². The summed E-state index contributed by atoms with van der Waals surface area (Å²) >= 11 is 7.86. The van der Waals surface area contributed by atoms with Crippen LogP contribution in [0.3, 0.4) is 0 Å². The summed E-state index contributed by atoms with van der Waals surface area (Å²) in [6.07, 6.45) is 2.10. The van der Waals surface area contributed by atoms with Crippen LogP contribution in [0.4, 0.5) is 0 Å². The maximum Gasteiger partial charge on any atom is 0.191 e. The zero-order chi connectivity index (χ0) is 15.2. The van der Waals surface area contributed by atoms with Crippen LogP contribution in [0.25, 0.3) is 0 Å². The second-order valence-corrected chi connectivity index (χ2v) is 7.08. The van der Waals surface area contributed by atoms with Crippen molar-refractivity contribution in [1.82, 2.24) is 10.6 Å². The molecule has 0 radical (unpaired) electrons. The smallest absolute Gasteiger partial charge is 0.191 e. The van der Waals surface area contributed by atoms with Gasteiger partial charge in [-0.3, -0.25) is 4.99 Å². The topological polar surface area (TPSA) is 36.4 Å². The van der Waals surface area contributed by atoms with Crippen LogP contribution in [-0.2, 0) is 0 Å². The van der Waals surface area contributed by atoms with E-state index in [-0.39, 0.29) is 29.5 Å². The minimum atomic E-state index is -0.00719. The molecule has 21 heavy (non-hydrogen) atoms. The van der Waals surface area contributed by atoms with Crippen molar-refractivity contribution in [1.29, 1.82) is 0 Å². The Bertz CT molecular complexity index is 460. The first-order valence-electron chi connectivity index (χ1n) is 6.63. The molecule has 0 spiro atoms. The van der Waals surface area contributed by atoms with Crippen LogP contribution >= 0.6 is 47.3 Å². The third-order valence-electron chi connectivity index (χ3n) is 2.68. The lowest BCUT2D eigenvalue weighted by molar-refractivity contribution is 0.501. The lowest BCUT2D eigenvalue weighted by atomic mass is 10.1. The first-order valence-corrected chi connectivity index (χ1v) is 8.29. The molecule has 0 aliphatic carbocycles. The highest BCUT2D eigenvalue weighted by Crippen LogP contribution is 2.27. The Kier molecular flexibility index (Phi) is 9.73. The third-order valence-corrected chi connectivity index (χ3v) is 3.92. The van der Waals surface area contributed by atoms with E-state index < -0.39 is 0 Å². The number of nitrogens with zero attached hydrogens (tertiary/aromatic N) is 1. The van der Waals surface area contributed by atoms with Crippen LogP contribution in [0.1, 0.15) is 31.6 Å². The SMILES string of the molecule is CN=C(NCC(SC)c1cccc(Cl)c1)NC(C)(C)C.I. The number of halogens is 2. The van der Waals surface area contributed by atoms with E-state index >= 15 is 0 Å². The highest BCUT2D eigenvalue weighted by molar-refractivity contribution is 14.0. The van der Waals surface area contributed by atoms with Gasteiger partial charge in [0.2, 0.25) is 0 Å². The summed E-state index contributed by atoms with van der Waals surface area (Å²) < 4.78 is 0. The van der Waals surface area contributed by atoms with Crippen molar-refractivity contribution in [3.05, 3.63) is 34.9 Å². The van der Waals surface area contributed by atoms with Crippen LogP contribution in [0.2, 0.25) is 5.02 Å². The fourth-order valence-electron chi connectivity index (χ4n) is 1.77. The van der Waals surface area contributed by atoms with E-state index in [0.717, 1.165) is 17.5 Å². The van der Waals surface area contributed by atoms with Crippen molar-refractivity contribution >= 4 is 53.3 Å². The lowest BCUT2D eigenvalue weighted by Gasteiger charge is -2.25. The molecular weight excluding hydrogens is 417 g/mol. The molecule has 0 aliphatic rings. The minimum absolute atomic E-state index is 0. The van der Waals surface area contributed by atoms with Crippen molar-refractivity contribution in [3.8, 4) is 0 Å². The monoisotopic (exact) mass is 441 g/mol. The highest BCUT2D eigenvalue weighted by Gasteiger charge is 2.14. The average molecular weight is 442 g/mol. The van der Waals surface area contributed by atoms with E-state index in [4.69, 9.17) is 11.6 Å². The van der Waals surface area contributed by atoms with Crippen LogP contribution in [-0.4, -0.2) is 31.3 Å². The summed E-state index contributed by atoms with van der Waals surface area (Å²) in [7, 11) is 1.79. The van der Waals surface area contributed by atoms with E-state index in [9.17, 15) is 0 Å². The Morgan fingerprint density at radius 2 is 2.05 bits per heavy atom. The highest BCUT2D eigenvalue weighted by atomic mass is 127. The van der Waals surface area contributed by atoms with Crippen molar-refractivity contribution in [2.24, 2.45) is 4.99 Å². The summed E-state index contributed by atoms with van der Waals surface area (Å²) in [5.41, 5.74) is 1.22. The summed E-state index contributed by atoms with van der Waals surface area (Å²) in [5.74, 6) is 0.818. The zero-order valence-electron chi connectivity index (χ0n) is 13.2. The molecule has 1 rings (SSSR count). The number of rotatable bonds is 4. The summed E-state index contributed by atoms with van der Waals surface area (Å²) in [5, 5.41) is 7.84. The van der Waals surface area contributed by atoms with Gasteiger partial charge in [0, 0.05) is 29.4 Å². The molecule has 0 amide bonds. The standard InChI is InChI=1S/C15H24ClN3S.HI/c1-15(2,3)19-14(17-4)18-10-13(20-5)11-7-6-8-12(16)9-11;/h6-9,13H,10H2,1-5H3,(H2,17,18,19);1H. The van der Waals surface area contributed by atoms with Gasteiger partial charge in [0.15, 0.2) is 5.96 Å². The predicted molar refractivity (Wildman–Crippen MR) is 107 cm³/mol. The van der Waals surface area contributed by atoms with Gasteiger partial charge in [0.25, 0.3) is 0 Å². The van der Waals surface area contributed by atoms with Gasteiger partial charge in [0.1, 0.15) is 0 Å².